The van der Waals surface area contributed by atoms with Gasteiger partial charge in [-0.05, 0) is 90.3 Å². The molecule has 0 amide bonds. The first-order valence-corrected chi connectivity index (χ1v) is 30.7. The standard InChI is InChI=1S/C15H26.C8H16.C6H14.C4H10.C3H8.14C2H6.58CH4/c1-3-4-11-5-6-12-8-14-10(2)15(14)9-13(12)7-11;1-6-4-5-7(2)8(6)3;1-5-6(2,3)4;1-4(2)3;1-3-2;14*1-2;;;;;;;;;;;;;;;;;;;;;;;;;;;;;;;;;;;;;;;;;;;;;;;;;;;;;;;;;;/h10-15H,3-9H2,1-2H3;6-8H,4-5H2,1-3H3;5H2,1-4H3;4H,1-3H3;3H2,1-2H3;14*1-2H3;58*1H4. The van der Waals surface area contributed by atoms with Gasteiger partial charge in [0.1, 0.15) is 0 Å². The van der Waals surface area contributed by atoms with Gasteiger partial charge in [-0.3, -0.25) is 0 Å². The number of rotatable bonds is 2. The lowest BCUT2D eigenvalue weighted by atomic mass is 9.67. The Morgan fingerprint density at radius 3 is 0.426 bits per heavy atom. The van der Waals surface area contributed by atoms with Crippen LogP contribution in [0.3, 0.4) is 0 Å². The van der Waals surface area contributed by atoms with Crippen molar-refractivity contribution in [3.8, 4) is 0 Å². The molecule has 0 aliphatic heterocycles. The first kappa shape index (κ1) is 744. The summed E-state index contributed by atoms with van der Waals surface area (Å²) >= 11 is 0. The van der Waals surface area contributed by atoms with Crippen molar-refractivity contribution in [2.24, 2.45) is 64.6 Å². The summed E-state index contributed by atoms with van der Waals surface area (Å²) in [5, 5.41) is 0. The highest BCUT2D eigenvalue weighted by atomic mass is 14.6. The third-order valence-electron chi connectivity index (χ3n) is 9.79. The predicted octanol–water partition coefficient (Wildman–Crippen LogP) is 64.0. The van der Waals surface area contributed by atoms with Crippen LogP contribution < -0.4 is 0 Å². The Balaban J connectivity index is -0.00000000297. The van der Waals surface area contributed by atoms with Gasteiger partial charge < -0.3 is 0 Å². The van der Waals surface area contributed by atoms with Crippen LogP contribution in [0.15, 0.2) is 0 Å². The minimum Gasteiger partial charge on any atom is -0.0776 e. The molecule has 878 valence electrons. The molecule has 0 spiro atoms. The third-order valence-corrected chi connectivity index (χ3v) is 9.79. The molecule has 0 bridgehead atoms. The maximum absolute atomic E-state index is 2.50. The molecule has 4 saturated carbocycles. The average Bonchev–Trinajstić information content (AvgIpc) is 3.91. The fraction of sp³-hybridized carbons (Fsp3) is 1.00. The van der Waals surface area contributed by atoms with E-state index in [0.717, 1.165) is 59.2 Å². The Morgan fingerprint density at radius 2 is 0.328 bits per heavy atom. The molecule has 0 radical (unpaired) electrons. The molecule has 4 aliphatic carbocycles. The van der Waals surface area contributed by atoms with Gasteiger partial charge in [-0.15, -0.1) is 0 Å². The van der Waals surface area contributed by atoms with Gasteiger partial charge in [0, 0.05) is 0 Å². The van der Waals surface area contributed by atoms with Crippen molar-refractivity contribution >= 4 is 0 Å². The van der Waals surface area contributed by atoms with Crippen molar-refractivity contribution in [3.63, 3.8) is 0 Å². The quantitative estimate of drug-likeness (QED) is 0.259. The second-order valence-corrected chi connectivity index (χ2v) is 15.4. The average molecular weight is 1860 g/mol. The molecule has 0 aromatic heterocycles. The number of fused-ring (bicyclic) bond motifs is 2. The van der Waals surface area contributed by atoms with Gasteiger partial charge >= 0.3 is 0 Å². The smallest absolute Gasteiger partial charge is 0.0352 e. The minimum atomic E-state index is 0. The van der Waals surface area contributed by atoms with Crippen LogP contribution in [0.4, 0.5) is 0 Å². The zero-order chi connectivity index (χ0) is 56.1. The maximum Gasteiger partial charge on any atom is -0.0352 e. The normalized spacial score (nSPS) is 11.4. The highest BCUT2D eigenvalue weighted by Gasteiger charge is 2.53. The van der Waals surface area contributed by atoms with Crippen molar-refractivity contribution in [3.05, 3.63) is 0 Å². The Kier molecular flexibility index (Phi) is 4810. The monoisotopic (exact) mass is 1860 g/mol. The summed E-state index contributed by atoms with van der Waals surface area (Å²) in [7, 11) is 0. The number of hydrogen-bond acceptors (Lipinski definition) is 0. The van der Waals surface area contributed by atoms with Crippen molar-refractivity contribution in [1.29, 1.82) is 0 Å². The molecule has 0 nitrogen and oxygen atoms in total. The van der Waals surface area contributed by atoms with Crippen molar-refractivity contribution in [2.75, 3.05) is 0 Å². The molecule has 0 aromatic carbocycles. The zero-order valence-electron chi connectivity index (χ0n) is 56.1. The van der Waals surface area contributed by atoms with Crippen LogP contribution in [-0.4, -0.2) is 0 Å². The maximum atomic E-state index is 2.50. The summed E-state index contributed by atoms with van der Waals surface area (Å²) in [6.07, 6.45) is 16.3. The molecule has 0 aromatic rings. The molecule has 122 heavy (non-hydrogen) atoms. The molecular formula is C122H390. The van der Waals surface area contributed by atoms with Gasteiger partial charge in [-0.25, -0.2) is 0 Å². The highest BCUT2D eigenvalue weighted by Crippen LogP contribution is 2.61. The van der Waals surface area contributed by atoms with E-state index in [0.29, 0.717) is 5.41 Å². The van der Waals surface area contributed by atoms with E-state index >= 15 is 0 Å². The summed E-state index contributed by atoms with van der Waals surface area (Å²) in [5.41, 5.74) is 0.542. The van der Waals surface area contributed by atoms with E-state index in [-0.39, 0.29) is 431 Å². The van der Waals surface area contributed by atoms with E-state index in [1.165, 1.54) is 38.5 Å². The fourth-order valence-electron chi connectivity index (χ4n) is 6.42. The van der Waals surface area contributed by atoms with Gasteiger partial charge in [0.25, 0.3) is 0 Å². The van der Waals surface area contributed by atoms with E-state index in [2.05, 4.69) is 96.9 Å². The van der Waals surface area contributed by atoms with E-state index in [1.54, 1.807) is 32.1 Å². The second kappa shape index (κ2) is 789. The van der Waals surface area contributed by atoms with Gasteiger partial charge in [-0.1, -0.05) is 766 Å². The molecule has 0 saturated heterocycles. The molecular weight excluding hydrogens is 1470 g/mol. The largest absolute Gasteiger partial charge is 0.0776 e. The first-order valence-electron chi connectivity index (χ1n) is 30.7. The van der Waals surface area contributed by atoms with Crippen molar-refractivity contribution in [1.82, 2.24) is 0 Å². The van der Waals surface area contributed by atoms with Gasteiger partial charge in [0.05, 0.1) is 0 Å². The lowest BCUT2D eigenvalue weighted by Crippen LogP contribution is -2.28. The molecule has 0 heterocycles. The summed E-state index contributed by atoms with van der Waals surface area (Å²) < 4.78 is 0. The third kappa shape index (κ3) is 680. The topological polar surface area (TPSA) is 0 Å². The first-order chi connectivity index (χ1) is 30.7. The Labute approximate surface area is 851 Å². The lowest BCUT2D eigenvalue weighted by Gasteiger charge is -2.39. The van der Waals surface area contributed by atoms with Crippen LogP contribution >= 0.6 is 0 Å². The Morgan fingerprint density at radius 1 is 0.205 bits per heavy atom. The summed E-state index contributed by atoms with van der Waals surface area (Å²) in [5.74, 6) is 10.6. The van der Waals surface area contributed by atoms with Gasteiger partial charge in [0.15, 0.2) is 0 Å². The highest BCUT2D eigenvalue weighted by molar-refractivity contribution is 5.02. The molecule has 8 unspecified atom stereocenters. The SMILES string of the molecule is C.C.C.C.C.C.C.C.C.C.C.C.C.C.C.C.C.C.C.C.C.C.C.C.C.C.C.C.C.C.C.C.C.C.C.C.C.C.C.C.C.C.C.C.C.C.C.C.C.C.C.C.C.C.C.C.C.C.CC.CC.CC.CC.CC.CC.CC.CC.CC.CC.CC.CC.CC.CC.CC(C)C.CC1CCC(C)C1C.CCC.CCC(C)(C)C.CCCC1CCC2CC3C(C)C3CC2C1. The molecule has 4 rings (SSSR count). The van der Waals surface area contributed by atoms with E-state index in [4.69, 9.17) is 0 Å². The van der Waals surface area contributed by atoms with Gasteiger partial charge in [-0.2, -0.15) is 0 Å². The van der Waals surface area contributed by atoms with Crippen molar-refractivity contribution in [2.45, 2.75) is 792 Å². The van der Waals surface area contributed by atoms with Crippen LogP contribution in [0.1, 0.15) is 792 Å². The van der Waals surface area contributed by atoms with Crippen LogP contribution in [0.2, 0.25) is 0 Å². The molecule has 8 atom stereocenters. The Hall–Kier alpha value is 0. The van der Waals surface area contributed by atoms with Crippen LogP contribution in [0.25, 0.3) is 0 Å². The predicted molar refractivity (Wildman–Crippen MR) is 717 cm³/mol. The minimum absolute atomic E-state index is 0. The lowest BCUT2D eigenvalue weighted by molar-refractivity contribution is 0.120. The second-order valence-electron chi connectivity index (χ2n) is 15.4. The van der Waals surface area contributed by atoms with Gasteiger partial charge in [0.2, 0.25) is 0 Å². The molecule has 0 heteroatoms. The van der Waals surface area contributed by atoms with E-state index in [1.807, 2.05) is 194 Å². The summed E-state index contributed by atoms with van der Waals surface area (Å²) in [4.78, 5) is 0. The summed E-state index contributed by atoms with van der Waals surface area (Å²) in [6.45, 7) is 87.7. The van der Waals surface area contributed by atoms with Crippen LogP contribution in [0.5, 0.6) is 0 Å². The summed E-state index contributed by atoms with van der Waals surface area (Å²) in [6, 6.07) is 0. The molecule has 4 fully saturated rings. The van der Waals surface area contributed by atoms with E-state index < -0.39 is 0 Å². The Bertz CT molecular complexity index is 498. The fourth-order valence-corrected chi connectivity index (χ4v) is 6.42. The number of hydrogen-bond donors (Lipinski definition) is 0. The van der Waals surface area contributed by atoms with E-state index in [9.17, 15) is 0 Å². The molecule has 0 N–H and O–H groups in total. The van der Waals surface area contributed by atoms with Crippen molar-refractivity contribution < 1.29 is 0 Å². The molecule has 4 aliphatic rings. The van der Waals surface area contributed by atoms with Crippen LogP contribution in [-0.2, 0) is 0 Å². The van der Waals surface area contributed by atoms with Crippen LogP contribution in [0, 0.1) is 64.6 Å². The zero-order valence-corrected chi connectivity index (χ0v) is 56.1.